The third-order valence-electron chi connectivity index (χ3n) is 3.15. The monoisotopic (exact) mass is 365 g/mol. The summed E-state index contributed by atoms with van der Waals surface area (Å²) in [5, 5.41) is 13.4. The van der Waals surface area contributed by atoms with E-state index in [1.54, 1.807) is 0 Å². The zero-order valence-electron chi connectivity index (χ0n) is 12.5. The Morgan fingerprint density at radius 1 is 0.960 bits per heavy atom. The number of aromatic nitrogens is 3. The van der Waals surface area contributed by atoms with Crippen LogP contribution in [0.25, 0.3) is 0 Å². The normalized spacial score (nSPS) is 11.2. The number of hydrogen-bond donors (Lipinski definition) is 2. The van der Waals surface area contributed by atoms with Crippen LogP contribution in [0.2, 0.25) is 5.02 Å². The average molecular weight is 366 g/mol. The van der Waals surface area contributed by atoms with Gasteiger partial charge in [0.15, 0.2) is 5.82 Å². The molecule has 2 aromatic carbocycles. The Balaban J connectivity index is 1.83. The van der Waals surface area contributed by atoms with E-state index >= 15 is 0 Å². The standard InChI is InChI=1S/C16H11ClF3N5/c17-12-7-6-10(16(18,19)20)8-13(12)23-14-9-21-25-15(24-14)22-11-4-2-1-3-5-11/h1-9H,(H2,22,23,24,25). The molecule has 0 radical (unpaired) electrons. The summed E-state index contributed by atoms with van der Waals surface area (Å²) in [6, 6.07) is 12.1. The molecule has 0 saturated carbocycles. The lowest BCUT2D eigenvalue weighted by molar-refractivity contribution is -0.137. The van der Waals surface area contributed by atoms with Gasteiger partial charge in [0.25, 0.3) is 0 Å². The Kier molecular flexibility index (Phi) is 4.71. The van der Waals surface area contributed by atoms with Gasteiger partial charge in [-0.15, -0.1) is 5.10 Å². The minimum Gasteiger partial charge on any atom is -0.338 e. The molecule has 0 fully saturated rings. The smallest absolute Gasteiger partial charge is 0.338 e. The number of anilines is 4. The molecule has 0 atom stereocenters. The van der Waals surface area contributed by atoms with Crippen LogP contribution in [0.4, 0.5) is 36.3 Å². The van der Waals surface area contributed by atoms with Gasteiger partial charge in [0, 0.05) is 5.69 Å². The Morgan fingerprint density at radius 3 is 2.44 bits per heavy atom. The van der Waals surface area contributed by atoms with Crippen LogP contribution in [-0.4, -0.2) is 15.2 Å². The van der Waals surface area contributed by atoms with Crippen LogP contribution in [0.15, 0.2) is 54.7 Å². The van der Waals surface area contributed by atoms with Crippen molar-refractivity contribution in [2.45, 2.75) is 6.18 Å². The fourth-order valence-electron chi connectivity index (χ4n) is 2.00. The van der Waals surface area contributed by atoms with Crippen molar-refractivity contribution in [3.05, 3.63) is 65.3 Å². The van der Waals surface area contributed by atoms with Gasteiger partial charge in [0.2, 0.25) is 5.95 Å². The molecule has 3 rings (SSSR count). The third-order valence-corrected chi connectivity index (χ3v) is 3.47. The van der Waals surface area contributed by atoms with E-state index in [4.69, 9.17) is 11.6 Å². The summed E-state index contributed by atoms with van der Waals surface area (Å²) in [5.41, 5.74) is 0.00486. The van der Waals surface area contributed by atoms with Crippen molar-refractivity contribution in [1.82, 2.24) is 15.2 Å². The molecule has 0 aliphatic rings. The molecule has 0 aliphatic heterocycles. The summed E-state index contributed by atoms with van der Waals surface area (Å²) in [5.74, 6) is 0.397. The van der Waals surface area contributed by atoms with Crippen LogP contribution in [0, 0.1) is 0 Å². The van der Waals surface area contributed by atoms with Crippen molar-refractivity contribution < 1.29 is 13.2 Å². The van der Waals surface area contributed by atoms with Crippen molar-refractivity contribution in [3.63, 3.8) is 0 Å². The fourth-order valence-corrected chi connectivity index (χ4v) is 2.17. The number of nitrogens with zero attached hydrogens (tertiary/aromatic N) is 3. The maximum atomic E-state index is 12.8. The number of nitrogens with one attached hydrogen (secondary N) is 2. The van der Waals surface area contributed by atoms with Gasteiger partial charge in [-0.3, -0.25) is 0 Å². The van der Waals surface area contributed by atoms with Gasteiger partial charge in [-0.1, -0.05) is 29.8 Å². The van der Waals surface area contributed by atoms with Crippen LogP contribution >= 0.6 is 11.6 Å². The second-order valence-electron chi connectivity index (χ2n) is 4.97. The number of halogens is 4. The van der Waals surface area contributed by atoms with Gasteiger partial charge in [0.05, 0.1) is 22.5 Å². The molecule has 2 N–H and O–H groups in total. The highest BCUT2D eigenvalue weighted by atomic mass is 35.5. The van der Waals surface area contributed by atoms with Crippen LogP contribution in [0.5, 0.6) is 0 Å². The highest BCUT2D eigenvalue weighted by Crippen LogP contribution is 2.34. The first kappa shape index (κ1) is 17.0. The van der Waals surface area contributed by atoms with Gasteiger partial charge in [-0.2, -0.15) is 23.3 Å². The molecular formula is C16H11ClF3N5. The Morgan fingerprint density at radius 2 is 1.72 bits per heavy atom. The molecule has 1 heterocycles. The van der Waals surface area contributed by atoms with E-state index in [-0.39, 0.29) is 22.5 Å². The summed E-state index contributed by atoms with van der Waals surface area (Å²) in [6.07, 6.45) is -3.18. The average Bonchev–Trinajstić information content (AvgIpc) is 2.57. The maximum Gasteiger partial charge on any atom is 0.416 e. The lowest BCUT2D eigenvalue weighted by atomic mass is 10.2. The zero-order valence-corrected chi connectivity index (χ0v) is 13.3. The topological polar surface area (TPSA) is 62.7 Å². The number of para-hydroxylation sites is 1. The molecule has 0 amide bonds. The summed E-state index contributed by atoms with van der Waals surface area (Å²) >= 11 is 5.96. The zero-order chi connectivity index (χ0) is 17.9. The molecule has 0 spiro atoms. The highest BCUT2D eigenvalue weighted by molar-refractivity contribution is 6.33. The number of benzene rings is 2. The van der Waals surface area contributed by atoms with E-state index in [2.05, 4.69) is 25.8 Å². The highest BCUT2D eigenvalue weighted by Gasteiger charge is 2.31. The molecule has 0 unspecified atom stereocenters. The number of hydrogen-bond acceptors (Lipinski definition) is 5. The molecule has 0 aliphatic carbocycles. The predicted molar refractivity (Wildman–Crippen MR) is 89.3 cm³/mol. The fraction of sp³-hybridized carbons (Fsp3) is 0.0625. The summed E-state index contributed by atoms with van der Waals surface area (Å²) in [7, 11) is 0. The molecular weight excluding hydrogens is 355 g/mol. The first-order chi connectivity index (χ1) is 11.9. The van der Waals surface area contributed by atoms with Crippen LogP contribution in [-0.2, 0) is 6.18 Å². The molecule has 5 nitrogen and oxygen atoms in total. The van der Waals surface area contributed by atoms with Gasteiger partial charge >= 0.3 is 6.18 Å². The van der Waals surface area contributed by atoms with E-state index in [1.807, 2.05) is 30.3 Å². The summed E-state index contributed by atoms with van der Waals surface area (Å²) in [4.78, 5) is 4.16. The van der Waals surface area contributed by atoms with Crippen molar-refractivity contribution >= 4 is 34.7 Å². The maximum absolute atomic E-state index is 12.8. The lowest BCUT2D eigenvalue weighted by Gasteiger charge is -2.12. The number of rotatable bonds is 4. The van der Waals surface area contributed by atoms with E-state index in [1.165, 1.54) is 12.3 Å². The molecule has 3 aromatic rings. The second kappa shape index (κ2) is 6.94. The quantitative estimate of drug-likeness (QED) is 0.679. The predicted octanol–water partition coefficient (Wildman–Crippen LogP) is 5.03. The summed E-state index contributed by atoms with van der Waals surface area (Å²) < 4.78 is 38.5. The second-order valence-corrected chi connectivity index (χ2v) is 5.38. The van der Waals surface area contributed by atoms with Gasteiger partial charge in [-0.25, -0.2) is 0 Å². The number of alkyl halides is 3. The largest absolute Gasteiger partial charge is 0.416 e. The Bertz CT molecular complexity index is 871. The molecule has 128 valence electrons. The molecule has 0 saturated heterocycles. The van der Waals surface area contributed by atoms with Crippen molar-refractivity contribution in [3.8, 4) is 0 Å². The van der Waals surface area contributed by atoms with E-state index in [9.17, 15) is 13.2 Å². The van der Waals surface area contributed by atoms with Crippen LogP contribution in [0.3, 0.4) is 0 Å². The molecule has 25 heavy (non-hydrogen) atoms. The Labute approximate surface area is 145 Å². The minimum atomic E-state index is -4.47. The third kappa shape index (κ3) is 4.36. The first-order valence-corrected chi connectivity index (χ1v) is 7.45. The SMILES string of the molecule is FC(F)(F)c1ccc(Cl)c(Nc2cnnc(Nc3ccccc3)n2)c1. The van der Waals surface area contributed by atoms with Gasteiger partial charge < -0.3 is 10.6 Å². The van der Waals surface area contributed by atoms with E-state index < -0.39 is 11.7 Å². The van der Waals surface area contributed by atoms with Gasteiger partial charge in [-0.05, 0) is 30.3 Å². The molecule has 9 heteroatoms. The van der Waals surface area contributed by atoms with Crippen molar-refractivity contribution in [2.75, 3.05) is 10.6 Å². The summed E-state index contributed by atoms with van der Waals surface area (Å²) in [6.45, 7) is 0. The van der Waals surface area contributed by atoms with E-state index in [0.717, 1.165) is 17.8 Å². The Hall–Kier alpha value is -2.87. The van der Waals surface area contributed by atoms with Crippen molar-refractivity contribution in [2.24, 2.45) is 0 Å². The minimum absolute atomic E-state index is 0.0719. The molecule has 1 aromatic heterocycles. The van der Waals surface area contributed by atoms with Crippen LogP contribution < -0.4 is 10.6 Å². The lowest BCUT2D eigenvalue weighted by Crippen LogP contribution is -2.06. The van der Waals surface area contributed by atoms with Crippen molar-refractivity contribution in [1.29, 1.82) is 0 Å². The van der Waals surface area contributed by atoms with E-state index in [0.29, 0.717) is 0 Å². The van der Waals surface area contributed by atoms with Crippen LogP contribution in [0.1, 0.15) is 5.56 Å². The molecule has 0 bridgehead atoms. The van der Waals surface area contributed by atoms with Gasteiger partial charge in [0.1, 0.15) is 0 Å². The first-order valence-electron chi connectivity index (χ1n) is 7.07.